The van der Waals surface area contributed by atoms with E-state index in [4.69, 9.17) is 16.3 Å². The minimum absolute atomic E-state index is 0.0389. The van der Waals surface area contributed by atoms with Crippen LogP contribution in [0, 0.1) is 0 Å². The summed E-state index contributed by atoms with van der Waals surface area (Å²) in [5.41, 5.74) is 2.36. The Morgan fingerprint density at radius 1 is 1.00 bits per heavy atom. The molecule has 0 fully saturated rings. The lowest BCUT2D eigenvalue weighted by molar-refractivity contribution is -0.124. The second-order valence-electron chi connectivity index (χ2n) is 8.22. The fraction of sp³-hybridized carbons (Fsp3) is 0.160. The molecular formula is C25H20ClN3O6S. The number of hydrogen-bond donors (Lipinski definition) is 1. The number of hydrogen-bond acceptors (Lipinski definition) is 6. The van der Waals surface area contributed by atoms with Crippen molar-refractivity contribution in [3.63, 3.8) is 0 Å². The van der Waals surface area contributed by atoms with Crippen LogP contribution < -0.4 is 14.5 Å². The first-order chi connectivity index (χ1) is 17.3. The molecule has 3 aromatic carbocycles. The van der Waals surface area contributed by atoms with Crippen molar-refractivity contribution in [2.75, 3.05) is 34.2 Å². The van der Waals surface area contributed by atoms with E-state index in [-0.39, 0.29) is 34.5 Å². The first-order valence-corrected chi connectivity index (χ1v) is 12.8. The quantitative estimate of drug-likeness (QED) is 0.512. The molecule has 0 radical (unpaired) electrons. The smallest absolute Gasteiger partial charge is 0.338 e. The highest BCUT2D eigenvalue weighted by atomic mass is 35.5. The number of sulfonamides is 1. The molecule has 11 heteroatoms. The number of ether oxygens (including phenoxy) is 1. The van der Waals surface area contributed by atoms with Gasteiger partial charge >= 0.3 is 5.97 Å². The third kappa shape index (κ3) is 4.29. The summed E-state index contributed by atoms with van der Waals surface area (Å²) in [6.07, 6.45) is 0.564. The van der Waals surface area contributed by atoms with E-state index in [1.165, 1.54) is 21.3 Å². The van der Waals surface area contributed by atoms with E-state index in [0.29, 0.717) is 23.5 Å². The number of benzene rings is 3. The van der Waals surface area contributed by atoms with E-state index in [9.17, 15) is 22.8 Å². The van der Waals surface area contributed by atoms with Gasteiger partial charge in [0.25, 0.3) is 15.9 Å². The summed E-state index contributed by atoms with van der Waals surface area (Å²) >= 11 is 6.22. The van der Waals surface area contributed by atoms with Crippen LogP contribution in [-0.4, -0.2) is 45.9 Å². The first-order valence-electron chi connectivity index (χ1n) is 11.0. The molecular weight excluding hydrogens is 506 g/mol. The molecule has 0 saturated carbocycles. The molecule has 2 aliphatic rings. The molecule has 2 heterocycles. The van der Waals surface area contributed by atoms with Crippen molar-refractivity contribution in [2.24, 2.45) is 0 Å². The number of fused-ring (bicyclic) bond motifs is 2. The van der Waals surface area contributed by atoms with E-state index in [1.807, 2.05) is 12.1 Å². The molecule has 184 valence electrons. The Labute approximate surface area is 212 Å². The lowest BCUT2D eigenvalue weighted by Gasteiger charge is -2.28. The highest BCUT2D eigenvalue weighted by molar-refractivity contribution is 7.93. The van der Waals surface area contributed by atoms with Gasteiger partial charge in [-0.1, -0.05) is 41.9 Å². The maximum absolute atomic E-state index is 13.4. The molecule has 36 heavy (non-hydrogen) atoms. The molecule has 0 bridgehead atoms. The van der Waals surface area contributed by atoms with Gasteiger partial charge < -0.3 is 10.1 Å². The Morgan fingerprint density at radius 2 is 1.72 bits per heavy atom. The lowest BCUT2D eigenvalue weighted by Crippen LogP contribution is -2.44. The molecule has 9 nitrogen and oxygen atoms in total. The van der Waals surface area contributed by atoms with Gasteiger partial charge in [0.15, 0.2) is 6.61 Å². The Hall–Kier alpha value is -3.89. The molecule has 0 aromatic heterocycles. The average molecular weight is 526 g/mol. The molecule has 2 amide bonds. The molecule has 3 aromatic rings. The highest BCUT2D eigenvalue weighted by Crippen LogP contribution is 2.35. The Kier molecular flexibility index (Phi) is 6.15. The van der Waals surface area contributed by atoms with Crippen LogP contribution in [0.4, 0.5) is 17.1 Å². The summed E-state index contributed by atoms with van der Waals surface area (Å²) in [7, 11) is -4.05. The van der Waals surface area contributed by atoms with Gasteiger partial charge in [0.05, 0.1) is 27.6 Å². The number of amides is 2. The molecule has 0 unspecified atom stereocenters. The summed E-state index contributed by atoms with van der Waals surface area (Å²) in [5, 5.41) is 2.64. The SMILES string of the molecule is O=C1CN(C(=O)COC(=O)c2ccc(Cl)c(S(=O)(=O)N3CCc4ccccc43)c2)c2ccccc2N1. The third-order valence-electron chi connectivity index (χ3n) is 5.98. The summed E-state index contributed by atoms with van der Waals surface area (Å²) in [6, 6.07) is 17.7. The monoisotopic (exact) mass is 525 g/mol. The van der Waals surface area contributed by atoms with Gasteiger partial charge in [0, 0.05) is 6.54 Å². The van der Waals surface area contributed by atoms with Crippen molar-refractivity contribution < 1.29 is 27.5 Å². The number of nitrogens with zero attached hydrogens (tertiary/aromatic N) is 2. The number of nitrogens with one attached hydrogen (secondary N) is 1. The number of carbonyl (C=O) groups is 3. The number of carbonyl (C=O) groups excluding carboxylic acids is 3. The molecule has 1 N–H and O–H groups in total. The van der Waals surface area contributed by atoms with Crippen molar-refractivity contribution in [3.05, 3.63) is 82.9 Å². The van der Waals surface area contributed by atoms with E-state index in [2.05, 4.69) is 5.32 Å². The summed E-state index contributed by atoms with van der Waals surface area (Å²) in [4.78, 5) is 38.4. The topological polar surface area (TPSA) is 113 Å². The molecule has 0 aliphatic carbocycles. The van der Waals surface area contributed by atoms with Crippen LogP contribution in [0.5, 0.6) is 0 Å². The first kappa shape index (κ1) is 23.8. The van der Waals surface area contributed by atoms with Crippen LogP contribution in [0.2, 0.25) is 5.02 Å². The van der Waals surface area contributed by atoms with Crippen molar-refractivity contribution in [2.45, 2.75) is 11.3 Å². The fourth-order valence-electron chi connectivity index (χ4n) is 4.25. The van der Waals surface area contributed by atoms with Crippen molar-refractivity contribution >= 4 is 56.5 Å². The molecule has 0 atom stereocenters. The van der Waals surface area contributed by atoms with E-state index in [0.717, 1.165) is 11.6 Å². The van der Waals surface area contributed by atoms with Gasteiger partial charge in [-0.15, -0.1) is 0 Å². The summed E-state index contributed by atoms with van der Waals surface area (Å²) in [6.45, 7) is -0.592. The number of para-hydroxylation sites is 3. The van der Waals surface area contributed by atoms with Crippen LogP contribution in [0.15, 0.2) is 71.6 Å². The Balaban J connectivity index is 1.34. The predicted molar refractivity (Wildman–Crippen MR) is 134 cm³/mol. The van der Waals surface area contributed by atoms with Crippen molar-refractivity contribution in [3.8, 4) is 0 Å². The zero-order chi connectivity index (χ0) is 25.4. The van der Waals surface area contributed by atoms with Gasteiger partial charge in [0.1, 0.15) is 11.4 Å². The van der Waals surface area contributed by atoms with Crippen LogP contribution in [-0.2, 0) is 30.8 Å². The molecule has 2 aliphatic heterocycles. The van der Waals surface area contributed by atoms with Gasteiger partial charge in [-0.2, -0.15) is 0 Å². The van der Waals surface area contributed by atoms with Crippen LogP contribution in [0.1, 0.15) is 15.9 Å². The van der Waals surface area contributed by atoms with E-state index >= 15 is 0 Å². The predicted octanol–water partition coefficient (Wildman–Crippen LogP) is 3.23. The molecule has 0 saturated heterocycles. The number of anilines is 3. The highest BCUT2D eigenvalue weighted by Gasteiger charge is 2.33. The number of halogens is 1. The standard InChI is InChI=1S/C25H20ClN3O6S/c26-18-10-9-17(13-22(18)36(33,34)29-12-11-16-5-1-3-7-20(16)29)25(32)35-15-24(31)28-14-23(30)27-19-6-2-4-8-21(19)28/h1-10,13H,11-12,14-15H2,(H,27,30). The van der Waals surface area contributed by atoms with Crippen molar-refractivity contribution in [1.29, 1.82) is 0 Å². The van der Waals surface area contributed by atoms with E-state index in [1.54, 1.807) is 36.4 Å². The van der Waals surface area contributed by atoms with Crippen molar-refractivity contribution in [1.82, 2.24) is 0 Å². The largest absolute Gasteiger partial charge is 0.452 e. The van der Waals surface area contributed by atoms with Crippen LogP contribution in [0.3, 0.4) is 0 Å². The normalized spacial score (nSPS) is 14.6. The molecule has 5 rings (SSSR count). The minimum atomic E-state index is -4.05. The lowest BCUT2D eigenvalue weighted by atomic mass is 10.2. The second kappa shape index (κ2) is 9.29. The van der Waals surface area contributed by atoms with E-state index < -0.39 is 28.5 Å². The Bertz CT molecular complexity index is 1510. The van der Waals surface area contributed by atoms with Crippen LogP contribution >= 0.6 is 11.6 Å². The third-order valence-corrected chi connectivity index (χ3v) is 8.27. The maximum Gasteiger partial charge on any atom is 0.338 e. The summed E-state index contributed by atoms with van der Waals surface area (Å²) in [5.74, 6) is -1.86. The van der Waals surface area contributed by atoms with Crippen LogP contribution in [0.25, 0.3) is 0 Å². The van der Waals surface area contributed by atoms with Gasteiger partial charge in [-0.25, -0.2) is 13.2 Å². The summed E-state index contributed by atoms with van der Waals surface area (Å²) < 4.78 is 33.2. The van der Waals surface area contributed by atoms with Gasteiger partial charge in [-0.05, 0) is 48.4 Å². The maximum atomic E-state index is 13.4. The van der Waals surface area contributed by atoms with Gasteiger partial charge in [0.2, 0.25) is 5.91 Å². The zero-order valence-corrected chi connectivity index (χ0v) is 20.4. The fourth-order valence-corrected chi connectivity index (χ4v) is 6.26. The Morgan fingerprint density at radius 3 is 2.53 bits per heavy atom. The average Bonchev–Trinajstić information content (AvgIpc) is 3.32. The van der Waals surface area contributed by atoms with Gasteiger partial charge in [-0.3, -0.25) is 18.8 Å². The number of esters is 1. The zero-order valence-electron chi connectivity index (χ0n) is 18.8. The second-order valence-corrected chi connectivity index (χ2v) is 10.5. The number of rotatable bonds is 5. The minimum Gasteiger partial charge on any atom is -0.452 e. The molecule has 0 spiro atoms.